The smallest absolute Gasteiger partial charge is 0.481 e. The zero-order valence-corrected chi connectivity index (χ0v) is 8.60. The SMILES string of the molecule is CCN(CCC(=O)O)S(=O)(=O)C(F)(F)F. The first-order valence-corrected chi connectivity index (χ1v) is 5.35. The predicted octanol–water partition coefficient (Wildman–Crippen LogP) is 0.633. The molecule has 15 heavy (non-hydrogen) atoms. The second kappa shape index (κ2) is 4.79. The van der Waals surface area contributed by atoms with Crippen LogP contribution in [0.2, 0.25) is 0 Å². The molecule has 0 heterocycles. The van der Waals surface area contributed by atoms with Gasteiger partial charge in [0.25, 0.3) is 0 Å². The first-order chi connectivity index (χ1) is 6.63. The number of hydrogen-bond donors (Lipinski definition) is 1. The molecule has 0 saturated carbocycles. The van der Waals surface area contributed by atoms with Gasteiger partial charge in [0.15, 0.2) is 0 Å². The maximum absolute atomic E-state index is 12.0. The Labute approximate surface area is 84.5 Å². The van der Waals surface area contributed by atoms with Crippen molar-refractivity contribution < 1.29 is 31.5 Å². The minimum absolute atomic E-state index is 0.0844. The average molecular weight is 249 g/mol. The molecule has 0 bridgehead atoms. The van der Waals surface area contributed by atoms with Crippen molar-refractivity contribution in [3.05, 3.63) is 0 Å². The van der Waals surface area contributed by atoms with E-state index in [1.807, 2.05) is 0 Å². The van der Waals surface area contributed by atoms with E-state index in [4.69, 9.17) is 5.11 Å². The van der Waals surface area contributed by atoms with Gasteiger partial charge < -0.3 is 5.11 Å². The van der Waals surface area contributed by atoms with E-state index in [-0.39, 0.29) is 4.31 Å². The number of carboxylic acid groups (broad SMARTS) is 1. The Morgan fingerprint density at radius 1 is 1.40 bits per heavy atom. The summed E-state index contributed by atoms with van der Waals surface area (Å²) in [7, 11) is -5.41. The molecular formula is C6H10F3NO4S. The van der Waals surface area contributed by atoms with Gasteiger partial charge in [0, 0.05) is 13.1 Å². The summed E-state index contributed by atoms with van der Waals surface area (Å²) in [5.74, 6) is -1.36. The van der Waals surface area contributed by atoms with Crippen LogP contribution in [0.1, 0.15) is 13.3 Å². The van der Waals surface area contributed by atoms with Gasteiger partial charge in [-0.15, -0.1) is 0 Å². The van der Waals surface area contributed by atoms with Crippen LogP contribution in [-0.4, -0.2) is 42.4 Å². The Bertz CT molecular complexity index is 324. The van der Waals surface area contributed by atoms with Crippen molar-refractivity contribution >= 4 is 16.0 Å². The fourth-order valence-electron chi connectivity index (χ4n) is 0.815. The van der Waals surface area contributed by atoms with E-state index >= 15 is 0 Å². The first kappa shape index (κ1) is 14.2. The lowest BCUT2D eigenvalue weighted by Gasteiger charge is -2.20. The summed E-state index contributed by atoms with van der Waals surface area (Å²) in [5.41, 5.74) is -5.39. The number of carbonyl (C=O) groups is 1. The second-order valence-electron chi connectivity index (χ2n) is 2.59. The molecule has 0 aliphatic rings. The molecule has 1 N–H and O–H groups in total. The molecular weight excluding hydrogens is 239 g/mol. The van der Waals surface area contributed by atoms with Gasteiger partial charge in [-0.3, -0.25) is 4.79 Å². The lowest BCUT2D eigenvalue weighted by Crippen LogP contribution is -2.41. The number of aliphatic carboxylic acids is 1. The molecule has 0 aromatic heterocycles. The molecule has 0 radical (unpaired) electrons. The zero-order valence-electron chi connectivity index (χ0n) is 7.78. The molecule has 0 aliphatic heterocycles. The van der Waals surface area contributed by atoms with Crippen LogP contribution in [0.15, 0.2) is 0 Å². The van der Waals surface area contributed by atoms with E-state index in [1.165, 1.54) is 6.92 Å². The fourth-order valence-corrected chi connectivity index (χ4v) is 1.78. The lowest BCUT2D eigenvalue weighted by atomic mass is 10.4. The summed E-state index contributed by atoms with van der Waals surface area (Å²) in [4.78, 5) is 10.1. The van der Waals surface area contributed by atoms with E-state index in [2.05, 4.69) is 0 Å². The fraction of sp³-hybridized carbons (Fsp3) is 0.833. The molecule has 0 unspecified atom stereocenters. The average Bonchev–Trinajstić information content (AvgIpc) is 2.02. The van der Waals surface area contributed by atoms with Gasteiger partial charge in [-0.25, -0.2) is 8.42 Å². The van der Waals surface area contributed by atoms with Crippen LogP contribution in [0, 0.1) is 0 Å². The third-order valence-corrected chi connectivity index (χ3v) is 3.27. The third kappa shape index (κ3) is 3.67. The highest BCUT2D eigenvalue weighted by Gasteiger charge is 2.49. The molecule has 0 spiro atoms. The molecule has 0 atom stereocenters. The minimum atomic E-state index is -5.41. The van der Waals surface area contributed by atoms with Gasteiger partial charge in [0.1, 0.15) is 0 Å². The van der Waals surface area contributed by atoms with Crippen molar-refractivity contribution in [1.82, 2.24) is 4.31 Å². The van der Waals surface area contributed by atoms with Gasteiger partial charge in [-0.1, -0.05) is 6.92 Å². The Morgan fingerprint density at radius 2 is 1.87 bits per heavy atom. The number of alkyl halides is 3. The molecule has 0 fully saturated rings. The maximum atomic E-state index is 12.0. The number of carboxylic acids is 1. The molecule has 0 rings (SSSR count). The Balaban J connectivity index is 4.76. The summed E-state index contributed by atoms with van der Waals surface area (Å²) in [6.45, 7) is 0.0912. The third-order valence-electron chi connectivity index (χ3n) is 1.56. The highest BCUT2D eigenvalue weighted by Crippen LogP contribution is 2.26. The quantitative estimate of drug-likeness (QED) is 0.775. The summed E-state index contributed by atoms with van der Waals surface area (Å²) < 4.78 is 57.7. The largest absolute Gasteiger partial charge is 0.511 e. The number of nitrogens with zero attached hydrogens (tertiary/aromatic N) is 1. The van der Waals surface area contributed by atoms with Crippen molar-refractivity contribution in [2.24, 2.45) is 0 Å². The standard InChI is InChI=1S/C6H10F3NO4S/c1-2-10(4-3-5(11)12)15(13,14)6(7,8)9/h2-4H2,1H3,(H,11,12). The van der Waals surface area contributed by atoms with Gasteiger partial charge in [0.05, 0.1) is 6.42 Å². The topological polar surface area (TPSA) is 74.7 Å². The van der Waals surface area contributed by atoms with E-state index in [0.717, 1.165) is 0 Å². The summed E-state index contributed by atoms with van der Waals surface area (Å²) in [6.07, 6.45) is -0.664. The number of rotatable bonds is 5. The molecule has 0 amide bonds. The highest BCUT2D eigenvalue weighted by atomic mass is 32.2. The van der Waals surface area contributed by atoms with E-state index in [0.29, 0.717) is 0 Å². The van der Waals surface area contributed by atoms with Gasteiger partial charge in [-0.05, 0) is 0 Å². The van der Waals surface area contributed by atoms with Gasteiger partial charge in [0.2, 0.25) is 0 Å². The molecule has 0 aliphatic carbocycles. The summed E-state index contributed by atoms with van der Waals surface area (Å²) in [6, 6.07) is 0. The normalized spacial score (nSPS) is 13.1. The number of sulfonamides is 1. The van der Waals surface area contributed by atoms with Crippen LogP contribution in [-0.2, 0) is 14.8 Å². The van der Waals surface area contributed by atoms with Crippen molar-refractivity contribution in [3.63, 3.8) is 0 Å². The summed E-state index contributed by atoms with van der Waals surface area (Å²) >= 11 is 0. The molecule has 0 aromatic rings. The van der Waals surface area contributed by atoms with Crippen molar-refractivity contribution in [2.75, 3.05) is 13.1 Å². The first-order valence-electron chi connectivity index (χ1n) is 3.91. The van der Waals surface area contributed by atoms with E-state index in [9.17, 15) is 26.4 Å². The van der Waals surface area contributed by atoms with Crippen LogP contribution >= 0.6 is 0 Å². The molecule has 0 aromatic carbocycles. The van der Waals surface area contributed by atoms with Gasteiger partial charge in [-0.2, -0.15) is 17.5 Å². The van der Waals surface area contributed by atoms with Gasteiger partial charge >= 0.3 is 21.5 Å². The molecule has 90 valence electrons. The lowest BCUT2D eigenvalue weighted by molar-refractivity contribution is -0.137. The molecule has 9 heteroatoms. The van der Waals surface area contributed by atoms with Crippen LogP contribution in [0.25, 0.3) is 0 Å². The van der Waals surface area contributed by atoms with Crippen LogP contribution in [0.5, 0.6) is 0 Å². The monoisotopic (exact) mass is 249 g/mol. The number of hydrogen-bond acceptors (Lipinski definition) is 3. The van der Waals surface area contributed by atoms with Crippen molar-refractivity contribution in [3.8, 4) is 0 Å². The minimum Gasteiger partial charge on any atom is -0.481 e. The molecule has 0 saturated heterocycles. The second-order valence-corrected chi connectivity index (χ2v) is 4.52. The van der Waals surface area contributed by atoms with Crippen molar-refractivity contribution in [1.29, 1.82) is 0 Å². The zero-order chi connectivity index (χ0) is 12.3. The molecule has 5 nitrogen and oxygen atoms in total. The predicted molar refractivity (Wildman–Crippen MR) is 44.5 cm³/mol. The van der Waals surface area contributed by atoms with Crippen LogP contribution in [0.3, 0.4) is 0 Å². The van der Waals surface area contributed by atoms with Crippen molar-refractivity contribution in [2.45, 2.75) is 18.9 Å². The highest BCUT2D eigenvalue weighted by molar-refractivity contribution is 7.89. The summed E-state index contributed by atoms with van der Waals surface area (Å²) in [5, 5.41) is 8.22. The Kier molecular flexibility index (Phi) is 4.53. The van der Waals surface area contributed by atoms with E-state index < -0.39 is 41.0 Å². The number of halogens is 3. The Hall–Kier alpha value is -0.830. The van der Waals surface area contributed by atoms with Crippen LogP contribution < -0.4 is 0 Å². The maximum Gasteiger partial charge on any atom is 0.511 e. The Morgan fingerprint density at radius 3 is 2.13 bits per heavy atom. The van der Waals surface area contributed by atoms with E-state index in [1.54, 1.807) is 0 Å². The van der Waals surface area contributed by atoms with Crippen LogP contribution in [0.4, 0.5) is 13.2 Å².